The fourth-order valence-electron chi connectivity index (χ4n) is 1.66. The molecule has 1 heterocycles. The Kier molecular flexibility index (Phi) is 5.54. The maximum atomic E-state index is 11.9. The summed E-state index contributed by atoms with van der Waals surface area (Å²) < 4.78 is 0. The molecule has 0 spiro atoms. The van der Waals surface area contributed by atoms with Crippen molar-refractivity contribution in [2.45, 2.75) is 40.5 Å². The molecular weight excluding hydrogens is 260 g/mol. The molecule has 0 saturated carbocycles. The number of nitrogens with zero attached hydrogens (tertiary/aromatic N) is 3. The van der Waals surface area contributed by atoms with E-state index in [-0.39, 0.29) is 5.95 Å². The molecule has 0 bridgehead atoms. The Morgan fingerprint density at radius 1 is 1.10 bits per heavy atom. The maximum absolute atomic E-state index is 11.9. The Bertz CT molecular complexity index is 504. The van der Waals surface area contributed by atoms with Crippen LogP contribution in [-0.2, 0) is 22.4 Å². The number of anilines is 1. The number of hydrogen-bond acceptors (Lipinski definition) is 5. The second-order valence-electron chi connectivity index (χ2n) is 4.64. The van der Waals surface area contributed by atoms with Gasteiger partial charge in [0, 0.05) is 5.92 Å². The quantitative estimate of drug-likeness (QED) is 0.813. The molecule has 1 amide bonds. The predicted molar refractivity (Wildman–Crippen MR) is 73.2 cm³/mol. The van der Waals surface area contributed by atoms with E-state index in [4.69, 9.17) is 5.11 Å². The number of rotatable bonds is 6. The highest BCUT2D eigenvalue weighted by molar-refractivity contribution is 5.93. The lowest BCUT2D eigenvalue weighted by molar-refractivity contribution is -0.145. The number of carbonyl (C=O) groups is 2. The molecule has 0 radical (unpaired) electrons. The van der Waals surface area contributed by atoms with E-state index in [1.54, 1.807) is 6.92 Å². The van der Waals surface area contributed by atoms with Crippen molar-refractivity contribution in [2.75, 3.05) is 5.32 Å². The summed E-state index contributed by atoms with van der Waals surface area (Å²) in [5, 5.41) is 19.3. The first-order valence-electron chi connectivity index (χ1n) is 6.66. The highest BCUT2D eigenvalue weighted by atomic mass is 16.4. The first kappa shape index (κ1) is 16.0. The van der Waals surface area contributed by atoms with Gasteiger partial charge in [-0.25, -0.2) is 4.98 Å². The first-order valence-corrected chi connectivity index (χ1v) is 6.66. The highest BCUT2D eigenvalue weighted by Crippen LogP contribution is 2.14. The van der Waals surface area contributed by atoms with Crippen LogP contribution >= 0.6 is 0 Å². The zero-order valence-corrected chi connectivity index (χ0v) is 12.2. The van der Waals surface area contributed by atoms with Gasteiger partial charge in [-0.15, -0.1) is 10.2 Å². The second-order valence-corrected chi connectivity index (χ2v) is 4.64. The summed E-state index contributed by atoms with van der Waals surface area (Å²) in [6, 6.07) is 0. The van der Waals surface area contributed by atoms with Gasteiger partial charge in [0.15, 0.2) is 0 Å². The number of carbonyl (C=O) groups excluding carboxylic acids is 1. The SMILES string of the molecule is CCc1nnc(NC(=O)C(C)C(C)C(=O)O)nc1CC. The molecule has 1 aromatic rings. The zero-order chi connectivity index (χ0) is 15.3. The standard InChI is InChI=1S/C13H20N4O3/c1-5-9-10(6-2)16-17-13(14-9)15-11(18)7(3)8(4)12(19)20/h7-8H,5-6H2,1-4H3,(H,19,20)(H,14,15,17,18). The predicted octanol–water partition coefficient (Wildman–Crippen LogP) is 1.29. The average Bonchev–Trinajstić information content (AvgIpc) is 2.45. The number of aromatic nitrogens is 3. The van der Waals surface area contributed by atoms with Crippen LogP contribution in [0.5, 0.6) is 0 Å². The lowest BCUT2D eigenvalue weighted by Gasteiger charge is -2.15. The number of hydrogen-bond donors (Lipinski definition) is 2. The van der Waals surface area contributed by atoms with Crippen LogP contribution in [-0.4, -0.2) is 32.2 Å². The third-order valence-corrected chi connectivity index (χ3v) is 3.30. The summed E-state index contributed by atoms with van der Waals surface area (Å²) in [4.78, 5) is 27.0. The molecule has 0 saturated heterocycles. The third-order valence-electron chi connectivity index (χ3n) is 3.30. The molecular formula is C13H20N4O3. The van der Waals surface area contributed by atoms with E-state index in [2.05, 4.69) is 20.5 Å². The van der Waals surface area contributed by atoms with Gasteiger partial charge in [0.1, 0.15) is 0 Å². The van der Waals surface area contributed by atoms with Crippen LogP contribution in [0.3, 0.4) is 0 Å². The Balaban J connectivity index is 2.83. The summed E-state index contributed by atoms with van der Waals surface area (Å²) in [6.07, 6.45) is 1.42. The van der Waals surface area contributed by atoms with Crippen molar-refractivity contribution in [1.29, 1.82) is 0 Å². The van der Waals surface area contributed by atoms with Gasteiger partial charge < -0.3 is 5.11 Å². The van der Waals surface area contributed by atoms with E-state index in [9.17, 15) is 9.59 Å². The van der Waals surface area contributed by atoms with Crippen molar-refractivity contribution >= 4 is 17.8 Å². The highest BCUT2D eigenvalue weighted by Gasteiger charge is 2.26. The summed E-state index contributed by atoms with van der Waals surface area (Å²) in [7, 11) is 0. The Morgan fingerprint density at radius 2 is 1.70 bits per heavy atom. The van der Waals surface area contributed by atoms with Gasteiger partial charge in [0.25, 0.3) is 0 Å². The number of carboxylic acids is 1. The lowest BCUT2D eigenvalue weighted by atomic mass is 9.95. The molecule has 20 heavy (non-hydrogen) atoms. The summed E-state index contributed by atoms with van der Waals surface area (Å²) in [5.74, 6) is -2.76. The smallest absolute Gasteiger partial charge is 0.307 e. The van der Waals surface area contributed by atoms with E-state index in [1.165, 1.54) is 6.92 Å². The van der Waals surface area contributed by atoms with Crippen molar-refractivity contribution in [2.24, 2.45) is 11.8 Å². The van der Waals surface area contributed by atoms with Crippen molar-refractivity contribution in [3.8, 4) is 0 Å². The van der Waals surface area contributed by atoms with Crippen LogP contribution in [0.25, 0.3) is 0 Å². The third kappa shape index (κ3) is 3.72. The van der Waals surface area contributed by atoms with Crippen molar-refractivity contribution < 1.29 is 14.7 Å². The molecule has 0 fully saturated rings. The van der Waals surface area contributed by atoms with Gasteiger partial charge in [-0.3, -0.25) is 14.9 Å². The number of nitrogens with one attached hydrogen (secondary N) is 1. The van der Waals surface area contributed by atoms with Crippen molar-refractivity contribution in [3.63, 3.8) is 0 Å². The Morgan fingerprint density at radius 3 is 2.20 bits per heavy atom. The monoisotopic (exact) mass is 280 g/mol. The molecule has 0 aliphatic rings. The Hall–Kier alpha value is -2.05. The molecule has 0 aliphatic heterocycles. The van der Waals surface area contributed by atoms with Gasteiger partial charge in [0.2, 0.25) is 11.9 Å². The van der Waals surface area contributed by atoms with E-state index in [0.717, 1.165) is 17.8 Å². The topological polar surface area (TPSA) is 105 Å². The normalized spacial score (nSPS) is 13.6. The molecule has 0 aliphatic carbocycles. The number of amides is 1. The molecule has 2 atom stereocenters. The largest absolute Gasteiger partial charge is 0.481 e. The molecule has 7 nitrogen and oxygen atoms in total. The van der Waals surface area contributed by atoms with Crippen molar-refractivity contribution in [3.05, 3.63) is 11.4 Å². The van der Waals surface area contributed by atoms with E-state index < -0.39 is 23.7 Å². The second kappa shape index (κ2) is 6.93. The molecule has 1 rings (SSSR count). The fraction of sp³-hybridized carbons (Fsp3) is 0.615. The number of aryl methyl sites for hydroxylation is 2. The van der Waals surface area contributed by atoms with Crippen LogP contribution in [0, 0.1) is 11.8 Å². The average molecular weight is 280 g/mol. The van der Waals surface area contributed by atoms with Gasteiger partial charge in [-0.05, 0) is 12.8 Å². The van der Waals surface area contributed by atoms with E-state index >= 15 is 0 Å². The van der Waals surface area contributed by atoms with Gasteiger partial charge >= 0.3 is 5.97 Å². The fourth-order valence-corrected chi connectivity index (χ4v) is 1.66. The molecule has 110 valence electrons. The van der Waals surface area contributed by atoms with Crippen LogP contribution in [0.15, 0.2) is 0 Å². The van der Waals surface area contributed by atoms with Crippen LogP contribution in [0.1, 0.15) is 39.1 Å². The summed E-state index contributed by atoms with van der Waals surface area (Å²) in [6.45, 7) is 6.95. The van der Waals surface area contributed by atoms with Crippen LogP contribution in [0.4, 0.5) is 5.95 Å². The zero-order valence-electron chi connectivity index (χ0n) is 12.2. The van der Waals surface area contributed by atoms with Gasteiger partial charge in [0.05, 0.1) is 17.3 Å². The molecule has 1 aromatic heterocycles. The van der Waals surface area contributed by atoms with Crippen molar-refractivity contribution in [1.82, 2.24) is 15.2 Å². The number of aliphatic carboxylic acids is 1. The van der Waals surface area contributed by atoms with Crippen LogP contribution in [0.2, 0.25) is 0 Å². The maximum Gasteiger partial charge on any atom is 0.307 e. The molecule has 2 N–H and O–H groups in total. The minimum atomic E-state index is -1.01. The molecule has 0 aromatic carbocycles. The summed E-state index contributed by atoms with van der Waals surface area (Å²) >= 11 is 0. The molecule has 7 heteroatoms. The minimum Gasteiger partial charge on any atom is -0.481 e. The molecule has 2 unspecified atom stereocenters. The summed E-state index contributed by atoms with van der Waals surface area (Å²) in [5.41, 5.74) is 1.59. The van der Waals surface area contributed by atoms with E-state index in [1.807, 2.05) is 13.8 Å². The Labute approximate surface area is 117 Å². The number of carboxylic acid groups (broad SMARTS) is 1. The van der Waals surface area contributed by atoms with E-state index in [0.29, 0.717) is 6.42 Å². The first-order chi connectivity index (χ1) is 9.40. The van der Waals surface area contributed by atoms with Gasteiger partial charge in [-0.2, -0.15) is 0 Å². The minimum absolute atomic E-state index is 0.119. The van der Waals surface area contributed by atoms with Gasteiger partial charge in [-0.1, -0.05) is 27.7 Å². The lowest BCUT2D eigenvalue weighted by Crippen LogP contribution is -2.30. The van der Waals surface area contributed by atoms with Crippen LogP contribution < -0.4 is 5.32 Å².